The van der Waals surface area contributed by atoms with Crippen molar-refractivity contribution in [2.75, 3.05) is 23.7 Å². The van der Waals surface area contributed by atoms with Crippen molar-refractivity contribution in [1.82, 2.24) is 10.3 Å². The molecule has 2 heterocycles. The van der Waals surface area contributed by atoms with Gasteiger partial charge in [-0.1, -0.05) is 11.6 Å². The van der Waals surface area contributed by atoms with E-state index in [0.717, 1.165) is 35.4 Å². The molecule has 21 heavy (non-hydrogen) atoms. The zero-order valence-electron chi connectivity index (χ0n) is 13.7. The molecule has 1 aliphatic rings. The molecule has 1 aliphatic heterocycles. The molecular formula is C16H26ClN3S. The van der Waals surface area contributed by atoms with Crippen LogP contribution in [0.3, 0.4) is 0 Å². The number of thioether (sulfide) groups is 1. The molecule has 0 aliphatic carbocycles. The quantitative estimate of drug-likeness (QED) is 0.909. The van der Waals surface area contributed by atoms with Crippen molar-refractivity contribution in [3.05, 3.63) is 22.8 Å². The second-order valence-corrected chi connectivity index (χ2v) is 9.44. The average Bonchev–Trinajstić information content (AvgIpc) is 2.35. The fourth-order valence-electron chi connectivity index (χ4n) is 2.33. The molecular weight excluding hydrogens is 302 g/mol. The highest BCUT2D eigenvalue weighted by Crippen LogP contribution is 2.32. The first-order valence-electron chi connectivity index (χ1n) is 7.46. The largest absolute Gasteiger partial charge is 0.354 e. The second kappa shape index (κ2) is 6.35. The van der Waals surface area contributed by atoms with Gasteiger partial charge in [-0.15, -0.1) is 0 Å². The topological polar surface area (TPSA) is 28.2 Å². The Hall–Kier alpha value is -0.450. The van der Waals surface area contributed by atoms with Crippen LogP contribution < -0.4 is 10.2 Å². The molecule has 0 radical (unpaired) electrons. The molecule has 1 aromatic heterocycles. The number of aromatic nitrogens is 1. The van der Waals surface area contributed by atoms with Crippen LogP contribution in [0.5, 0.6) is 0 Å². The van der Waals surface area contributed by atoms with Gasteiger partial charge in [0.1, 0.15) is 5.82 Å². The van der Waals surface area contributed by atoms with Gasteiger partial charge in [-0.2, -0.15) is 11.8 Å². The first kappa shape index (κ1) is 16.9. The maximum absolute atomic E-state index is 6.29. The lowest BCUT2D eigenvalue weighted by molar-refractivity contribution is 0.421. The van der Waals surface area contributed by atoms with E-state index in [4.69, 9.17) is 16.6 Å². The highest BCUT2D eigenvalue weighted by Gasteiger charge is 2.28. The molecule has 1 N–H and O–H groups in total. The summed E-state index contributed by atoms with van der Waals surface area (Å²) in [5.74, 6) is 2.19. The van der Waals surface area contributed by atoms with Crippen LogP contribution in [-0.2, 0) is 6.54 Å². The van der Waals surface area contributed by atoms with Gasteiger partial charge in [0.05, 0.1) is 10.7 Å². The molecule has 0 aromatic carbocycles. The standard InChI is InChI=1S/C16H26ClN3S/c1-15(2,3)18-10-13-12(17)6-7-14(19-13)20-8-9-21-16(4,5)11-20/h6-7,18H,8-11H2,1-5H3. The highest BCUT2D eigenvalue weighted by molar-refractivity contribution is 8.00. The van der Waals surface area contributed by atoms with E-state index in [0.29, 0.717) is 6.54 Å². The summed E-state index contributed by atoms with van der Waals surface area (Å²) in [7, 11) is 0. The lowest BCUT2D eigenvalue weighted by atomic mass is 10.1. The second-order valence-electron chi connectivity index (χ2n) is 7.23. The van der Waals surface area contributed by atoms with Gasteiger partial charge in [0.15, 0.2) is 0 Å². The molecule has 2 rings (SSSR count). The van der Waals surface area contributed by atoms with E-state index in [2.05, 4.69) is 44.8 Å². The summed E-state index contributed by atoms with van der Waals surface area (Å²) in [5, 5.41) is 4.19. The third kappa shape index (κ3) is 5.04. The monoisotopic (exact) mass is 327 g/mol. The summed E-state index contributed by atoms with van der Waals surface area (Å²) >= 11 is 8.33. The summed E-state index contributed by atoms with van der Waals surface area (Å²) in [4.78, 5) is 7.16. The number of hydrogen-bond acceptors (Lipinski definition) is 4. The predicted octanol–water partition coefficient (Wildman–Crippen LogP) is 3.95. The summed E-state index contributed by atoms with van der Waals surface area (Å²) in [6, 6.07) is 4.01. The maximum Gasteiger partial charge on any atom is 0.129 e. The number of rotatable bonds is 3. The Balaban J connectivity index is 2.14. The molecule has 1 saturated heterocycles. The molecule has 118 valence electrons. The SMILES string of the molecule is CC(C)(C)NCc1nc(N2CCSC(C)(C)C2)ccc1Cl. The Morgan fingerprint density at radius 2 is 2.10 bits per heavy atom. The molecule has 3 nitrogen and oxygen atoms in total. The van der Waals surface area contributed by atoms with E-state index < -0.39 is 0 Å². The third-order valence-electron chi connectivity index (χ3n) is 3.44. The van der Waals surface area contributed by atoms with Crippen molar-refractivity contribution in [2.45, 2.75) is 51.4 Å². The zero-order chi connectivity index (χ0) is 15.7. The lowest BCUT2D eigenvalue weighted by Crippen LogP contribution is -2.43. The van der Waals surface area contributed by atoms with Crippen molar-refractivity contribution < 1.29 is 0 Å². The first-order valence-corrected chi connectivity index (χ1v) is 8.82. The fourth-order valence-corrected chi connectivity index (χ4v) is 3.62. The van der Waals surface area contributed by atoms with Crippen LogP contribution in [0, 0.1) is 0 Å². The van der Waals surface area contributed by atoms with E-state index in [9.17, 15) is 0 Å². The van der Waals surface area contributed by atoms with Gasteiger partial charge in [-0.3, -0.25) is 0 Å². The number of pyridine rings is 1. The van der Waals surface area contributed by atoms with Crippen LogP contribution in [0.25, 0.3) is 0 Å². The van der Waals surface area contributed by atoms with Gasteiger partial charge >= 0.3 is 0 Å². The Morgan fingerprint density at radius 3 is 2.71 bits per heavy atom. The van der Waals surface area contributed by atoms with Gasteiger partial charge in [0, 0.05) is 35.7 Å². The normalized spacial score (nSPS) is 18.9. The van der Waals surface area contributed by atoms with Crippen LogP contribution in [0.4, 0.5) is 5.82 Å². The Labute approximate surface area is 137 Å². The van der Waals surface area contributed by atoms with Gasteiger partial charge in [-0.25, -0.2) is 4.98 Å². The Bertz CT molecular complexity index is 497. The van der Waals surface area contributed by atoms with Gasteiger partial charge in [0.2, 0.25) is 0 Å². The number of nitrogens with zero attached hydrogens (tertiary/aromatic N) is 2. The summed E-state index contributed by atoms with van der Waals surface area (Å²) < 4.78 is 0.281. The van der Waals surface area contributed by atoms with E-state index >= 15 is 0 Å². The van der Waals surface area contributed by atoms with Crippen molar-refractivity contribution in [3.63, 3.8) is 0 Å². The van der Waals surface area contributed by atoms with E-state index in [-0.39, 0.29) is 10.3 Å². The maximum atomic E-state index is 6.29. The minimum absolute atomic E-state index is 0.0603. The Morgan fingerprint density at radius 1 is 1.38 bits per heavy atom. The smallest absolute Gasteiger partial charge is 0.129 e. The predicted molar refractivity (Wildman–Crippen MR) is 94.6 cm³/mol. The molecule has 0 bridgehead atoms. The van der Waals surface area contributed by atoms with Crippen molar-refractivity contribution >= 4 is 29.2 Å². The van der Waals surface area contributed by atoms with Crippen molar-refractivity contribution in [2.24, 2.45) is 0 Å². The molecule has 0 atom stereocenters. The lowest BCUT2D eigenvalue weighted by Gasteiger charge is -2.38. The third-order valence-corrected chi connectivity index (χ3v) is 5.08. The van der Waals surface area contributed by atoms with Gasteiger partial charge < -0.3 is 10.2 Å². The van der Waals surface area contributed by atoms with Crippen LogP contribution in [0.2, 0.25) is 5.02 Å². The van der Waals surface area contributed by atoms with Crippen molar-refractivity contribution in [3.8, 4) is 0 Å². The number of halogens is 1. The molecule has 5 heteroatoms. The van der Waals surface area contributed by atoms with Gasteiger partial charge in [-0.05, 0) is 46.8 Å². The number of hydrogen-bond donors (Lipinski definition) is 1. The van der Waals surface area contributed by atoms with Crippen LogP contribution in [-0.4, -0.2) is 34.1 Å². The average molecular weight is 328 g/mol. The van der Waals surface area contributed by atoms with E-state index in [1.807, 2.05) is 23.9 Å². The number of anilines is 1. The molecule has 0 spiro atoms. The molecule has 1 fully saturated rings. The van der Waals surface area contributed by atoms with Crippen LogP contribution in [0.1, 0.15) is 40.3 Å². The first-order chi connectivity index (χ1) is 9.66. The molecule has 0 amide bonds. The summed E-state index contributed by atoms with van der Waals surface area (Å²) in [6.45, 7) is 13.8. The molecule has 1 aromatic rings. The van der Waals surface area contributed by atoms with E-state index in [1.165, 1.54) is 0 Å². The minimum Gasteiger partial charge on any atom is -0.354 e. The highest BCUT2D eigenvalue weighted by atomic mass is 35.5. The Kier molecular flexibility index (Phi) is 5.11. The minimum atomic E-state index is 0.0603. The number of nitrogens with one attached hydrogen (secondary N) is 1. The summed E-state index contributed by atoms with van der Waals surface area (Å²) in [5.41, 5.74) is 0.991. The van der Waals surface area contributed by atoms with E-state index in [1.54, 1.807) is 0 Å². The fraction of sp³-hybridized carbons (Fsp3) is 0.688. The molecule has 0 saturated carbocycles. The molecule has 0 unspecified atom stereocenters. The van der Waals surface area contributed by atoms with Crippen molar-refractivity contribution in [1.29, 1.82) is 0 Å². The zero-order valence-corrected chi connectivity index (χ0v) is 15.2. The van der Waals surface area contributed by atoms with Crippen LogP contribution >= 0.6 is 23.4 Å². The van der Waals surface area contributed by atoms with Crippen LogP contribution in [0.15, 0.2) is 12.1 Å². The van der Waals surface area contributed by atoms with Gasteiger partial charge in [0.25, 0.3) is 0 Å². The summed E-state index contributed by atoms with van der Waals surface area (Å²) in [6.07, 6.45) is 0.